The Hall–Kier alpha value is -6.92. The van der Waals surface area contributed by atoms with E-state index in [-0.39, 0.29) is 48.0 Å². The lowest BCUT2D eigenvalue weighted by Crippen LogP contribution is -2.55. The fraction of sp³-hybridized carbons (Fsp3) is 0.400. The van der Waals surface area contributed by atoms with E-state index in [0.717, 1.165) is 44.3 Å². The number of aliphatic hydroxyl groups excluding tert-OH is 1. The van der Waals surface area contributed by atoms with E-state index in [1.807, 2.05) is 51.1 Å². The molecule has 4 amide bonds. The van der Waals surface area contributed by atoms with Crippen LogP contribution < -0.4 is 24.6 Å². The molecule has 4 aromatic carbocycles. The zero-order valence-corrected chi connectivity index (χ0v) is 43.8. The molecule has 0 saturated carbocycles. The molecule has 0 radical (unpaired) electrons. The van der Waals surface area contributed by atoms with E-state index in [1.165, 1.54) is 22.3 Å². The van der Waals surface area contributed by atoms with Crippen molar-refractivity contribution in [2.75, 3.05) is 42.8 Å². The molecular formula is C55H58F3N7O8S2. The Morgan fingerprint density at radius 2 is 1.67 bits per heavy atom. The van der Waals surface area contributed by atoms with Gasteiger partial charge in [0.15, 0.2) is 10.8 Å². The van der Waals surface area contributed by atoms with Crippen LogP contribution in [0, 0.1) is 19.4 Å². The summed E-state index contributed by atoms with van der Waals surface area (Å²) in [6.07, 6.45) is -3.63. The second-order valence-electron chi connectivity index (χ2n) is 19.5. The number of halogens is 3. The maximum atomic E-state index is 14.3. The number of nitrogens with one attached hydrogen (secondary N) is 1. The third-order valence-electron chi connectivity index (χ3n) is 13.5. The maximum Gasteiger partial charge on any atom is 0.407 e. The average molecular weight is 1070 g/mol. The highest BCUT2D eigenvalue weighted by molar-refractivity contribution is 7.81. The Bertz CT molecular complexity index is 3000. The minimum absolute atomic E-state index is 0.000173. The Kier molecular flexibility index (Phi) is 16.6. The largest absolute Gasteiger partial charge is 0.494 e. The van der Waals surface area contributed by atoms with E-state index in [1.54, 1.807) is 65.6 Å². The van der Waals surface area contributed by atoms with E-state index in [0.29, 0.717) is 75.0 Å². The van der Waals surface area contributed by atoms with Gasteiger partial charge in [-0.3, -0.25) is 24.1 Å². The Morgan fingerprint density at radius 3 is 2.36 bits per heavy atom. The second kappa shape index (κ2) is 22.9. The number of aryl methyl sites for hydroxylation is 1. The molecule has 2 fully saturated rings. The lowest BCUT2D eigenvalue weighted by molar-refractivity contribution is -0.143. The first kappa shape index (κ1) is 54.3. The van der Waals surface area contributed by atoms with Gasteiger partial charge in [0.2, 0.25) is 11.8 Å². The minimum atomic E-state index is -4.80. The molecule has 1 aromatic heterocycles. The van der Waals surface area contributed by atoms with Crippen LogP contribution >= 0.6 is 23.6 Å². The number of thiocarbonyl (C=S) groups is 1. The zero-order chi connectivity index (χ0) is 53.8. The molecule has 8 rings (SSSR count). The lowest BCUT2D eigenvalue weighted by Gasteiger charge is -2.35. The summed E-state index contributed by atoms with van der Waals surface area (Å²) < 4.78 is 59.5. The number of ether oxygens (including phenoxy) is 3. The van der Waals surface area contributed by atoms with Gasteiger partial charge in [-0.1, -0.05) is 50.2 Å². The number of β-amino-alcohol motifs (C(OH)–C–C–N with tert-alkyl or cyclic N) is 1. The number of fused-ring (bicyclic) bond motifs is 1. The Morgan fingerprint density at radius 1 is 0.960 bits per heavy atom. The third kappa shape index (κ3) is 11.7. The van der Waals surface area contributed by atoms with E-state index < -0.39 is 53.0 Å². The number of hydrogen-bond donors (Lipinski definition) is 2. The predicted molar refractivity (Wildman–Crippen MR) is 282 cm³/mol. The monoisotopic (exact) mass is 1070 g/mol. The van der Waals surface area contributed by atoms with Crippen LogP contribution in [0.15, 0.2) is 90.4 Å². The van der Waals surface area contributed by atoms with Crippen LogP contribution in [0.3, 0.4) is 0 Å². The van der Waals surface area contributed by atoms with Crippen molar-refractivity contribution in [1.29, 1.82) is 0 Å². The highest BCUT2D eigenvalue weighted by Gasteiger charge is 2.51. The van der Waals surface area contributed by atoms with Crippen LogP contribution in [0.5, 0.6) is 11.5 Å². The first-order valence-corrected chi connectivity index (χ1v) is 26.0. The van der Waals surface area contributed by atoms with Gasteiger partial charge in [-0.2, -0.15) is 13.2 Å². The van der Waals surface area contributed by atoms with Gasteiger partial charge in [0.05, 0.1) is 47.5 Å². The van der Waals surface area contributed by atoms with Gasteiger partial charge in [0.1, 0.15) is 29.1 Å². The molecule has 5 aromatic rings. The molecule has 75 heavy (non-hydrogen) atoms. The first-order valence-electron chi connectivity index (χ1n) is 24.7. The predicted octanol–water partition coefficient (Wildman–Crippen LogP) is 9.51. The van der Waals surface area contributed by atoms with Gasteiger partial charge in [-0.15, -0.1) is 11.3 Å². The highest BCUT2D eigenvalue weighted by atomic mass is 32.1. The fourth-order valence-corrected chi connectivity index (χ4v) is 11.0. The standard InChI is InChI=1S/C55H58F3N7O8S2/c1-33(2)47(63-30-37-12-7-8-13-42(37)50(63)68)51(69)62-31-40(66)28-45(62)49(67)60-29-36-15-14-35(48-34(3)61-32-75-48)26-46(36)73-24-10-9-22-71-23-11-25-72-41-19-16-38(17-20-41)65-53(74)64(52(70)54(65,4)5)39-18-21-44(59-6)43(27-39)55(56,57)58/h7-8,12-21,26-27,32-33,40,45,47,66H,9-11,22-25,28-31H2,1-5H3,(H,60,67)/t40-,45+,47+/m1/s1. The number of carbonyl (C=O) groups is 4. The molecule has 2 saturated heterocycles. The van der Waals surface area contributed by atoms with Crippen molar-refractivity contribution in [2.45, 2.75) is 103 Å². The number of unbranched alkanes of at least 4 members (excludes halogenated alkanes) is 1. The van der Waals surface area contributed by atoms with Crippen molar-refractivity contribution < 1.29 is 51.7 Å². The van der Waals surface area contributed by atoms with Crippen molar-refractivity contribution in [3.05, 3.63) is 130 Å². The number of aromatic nitrogens is 1. The normalized spacial score (nSPS) is 17.7. The average Bonchev–Trinajstić information content (AvgIpc) is 4.14. The summed E-state index contributed by atoms with van der Waals surface area (Å²) in [5, 5.41) is 13.8. The van der Waals surface area contributed by atoms with Crippen LogP contribution in [0.2, 0.25) is 0 Å². The zero-order valence-electron chi connectivity index (χ0n) is 42.2. The molecule has 15 nitrogen and oxygen atoms in total. The number of thiazole rings is 1. The highest BCUT2D eigenvalue weighted by Crippen LogP contribution is 2.42. The number of likely N-dealkylation sites (tertiary alicyclic amines) is 1. The molecule has 2 N–H and O–H groups in total. The van der Waals surface area contributed by atoms with Crippen molar-refractivity contribution in [2.24, 2.45) is 5.92 Å². The van der Waals surface area contributed by atoms with Crippen molar-refractivity contribution in [3.63, 3.8) is 0 Å². The first-order chi connectivity index (χ1) is 35.8. The molecule has 3 aliphatic rings. The van der Waals surface area contributed by atoms with Gasteiger partial charge >= 0.3 is 6.18 Å². The number of alkyl halides is 3. The van der Waals surface area contributed by atoms with E-state index in [4.69, 9.17) is 33.0 Å². The number of nitrogens with zero attached hydrogens (tertiary/aromatic N) is 6. The molecule has 0 bridgehead atoms. The summed E-state index contributed by atoms with van der Waals surface area (Å²) in [7, 11) is 0. The number of benzene rings is 4. The fourth-order valence-electron chi connectivity index (χ4n) is 9.69. The molecule has 0 aliphatic carbocycles. The van der Waals surface area contributed by atoms with E-state index >= 15 is 0 Å². The molecule has 3 aliphatic heterocycles. The molecule has 4 heterocycles. The van der Waals surface area contributed by atoms with Gasteiger partial charge in [0.25, 0.3) is 11.8 Å². The lowest BCUT2D eigenvalue weighted by atomic mass is 10.0. The van der Waals surface area contributed by atoms with Gasteiger partial charge in [-0.25, -0.2) is 9.83 Å². The van der Waals surface area contributed by atoms with Crippen LogP contribution in [0.1, 0.15) is 86.1 Å². The molecule has 3 atom stereocenters. The summed E-state index contributed by atoms with van der Waals surface area (Å²) >= 11 is 7.17. The van der Waals surface area contributed by atoms with Crippen LogP contribution in [-0.2, 0) is 38.4 Å². The molecule has 0 unspecified atom stereocenters. The second-order valence-corrected chi connectivity index (χ2v) is 20.7. The Labute approximate surface area is 443 Å². The number of aliphatic hydroxyl groups is 1. The SMILES string of the molecule is [C-]#[N+]c1ccc(N2C(=O)C(C)(C)N(c3ccc(OCCCOCCCCOc4cc(-c5scnc5C)ccc4CNC(=O)[C@@H]4C[C@@H](O)CN4C(=O)[C@H](C(C)C)N4Cc5ccccc5C4=O)cc3)C2=S)cc1C(F)(F)F. The van der Waals surface area contributed by atoms with Gasteiger partial charge in [-0.05, 0) is 111 Å². The molecule has 394 valence electrons. The number of amides is 4. The summed E-state index contributed by atoms with van der Waals surface area (Å²) in [6.45, 7) is 18.2. The summed E-state index contributed by atoms with van der Waals surface area (Å²) in [5.74, 6) is -0.620. The number of carbonyl (C=O) groups excluding carboxylic acids is 4. The molecule has 0 spiro atoms. The molecule has 20 heteroatoms. The van der Waals surface area contributed by atoms with E-state index in [2.05, 4.69) is 15.1 Å². The number of anilines is 2. The third-order valence-corrected chi connectivity index (χ3v) is 14.9. The topological polar surface area (TPSA) is 158 Å². The van der Waals surface area contributed by atoms with Crippen molar-refractivity contribution >= 4 is 69.4 Å². The van der Waals surface area contributed by atoms with Gasteiger partial charge in [0, 0.05) is 68.2 Å². The van der Waals surface area contributed by atoms with Gasteiger partial charge < -0.3 is 39.3 Å². The summed E-state index contributed by atoms with van der Waals surface area (Å²) in [5.41, 5.74) is 3.25. The van der Waals surface area contributed by atoms with Crippen LogP contribution in [-0.4, -0.2) is 105 Å². The Balaban J connectivity index is 0.797. The maximum absolute atomic E-state index is 14.3. The summed E-state index contributed by atoms with van der Waals surface area (Å²) in [6, 6.07) is 21.3. The van der Waals surface area contributed by atoms with E-state index in [9.17, 15) is 37.5 Å². The smallest absolute Gasteiger partial charge is 0.407 e. The number of rotatable bonds is 20. The van der Waals surface area contributed by atoms with Crippen molar-refractivity contribution in [3.8, 4) is 21.9 Å². The minimum Gasteiger partial charge on any atom is -0.494 e. The molecular weight excluding hydrogens is 1010 g/mol. The van der Waals surface area contributed by atoms with Crippen LogP contribution in [0.25, 0.3) is 15.3 Å². The quantitative estimate of drug-likeness (QED) is 0.0435. The van der Waals surface area contributed by atoms with Crippen molar-refractivity contribution in [1.82, 2.24) is 20.1 Å². The summed E-state index contributed by atoms with van der Waals surface area (Å²) in [4.78, 5) is 69.3. The number of hydrogen-bond acceptors (Lipinski definition) is 11. The van der Waals surface area contributed by atoms with Crippen LogP contribution in [0.4, 0.5) is 30.2 Å².